The first-order chi connectivity index (χ1) is 14.0. The minimum absolute atomic E-state index is 0.167. The third-order valence-electron chi connectivity index (χ3n) is 4.22. The molecule has 0 saturated heterocycles. The molecule has 1 heterocycles. The summed E-state index contributed by atoms with van der Waals surface area (Å²) in [6, 6.07) is 13.0. The number of aromatic nitrogens is 3. The molecule has 150 valence electrons. The topological polar surface area (TPSA) is 88.9 Å². The van der Waals surface area contributed by atoms with Gasteiger partial charge in [0.2, 0.25) is 5.91 Å². The first-order valence-electron chi connectivity index (χ1n) is 9.26. The van der Waals surface area contributed by atoms with E-state index in [1.165, 1.54) is 11.8 Å². The molecule has 8 heteroatoms. The Balaban J connectivity index is 1.65. The second-order valence-corrected chi connectivity index (χ2v) is 7.49. The Labute approximate surface area is 173 Å². The molecule has 0 aliphatic rings. The van der Waals surface area contributed by atoms with Crippen LogP contribution in [-0.4, -0.2) is 38.9 Å². The predicted octanol–water partition coefficient (Wildman–Crippen LogP) is 3.36. The first-order valence-corrected chi connectivity index (χ1v) is 10.2. The summed E-state index contributed by atoms with van der Waals surface area (Å²) < 4.78 is 1.88. The molecule has 0 saturated carbocycles. The monoisotopic (exact) mass is 409 g/mol. The lowest BCUT2D eigenvalue weighted by atomic mass is 10.1. The number of anilines is 1. The molecule has 0 aliphatic heterocycles. The van der Waals surface area contributed by atoms with E-state index in [1.807, 2.05) is 31.4 Å². The van der Waals surface area contributed by atoms with E-state index < -0.39 is 0 Å². The second kappa shape index (κ2) is 9.38. The molecule has 0 unspecified atom stereocenters. The third-order valence-corrected chi connectivity index (χ3v) is 5.16. The zero-order valence-electron chi connectivity index (χ0n) is 16.6. The molecule has 0 atom stereocenters. The number of benzene rings is 2. The highest BCUT2D eigenvalue weighted by molar-refractivity contribution is 7.99. The summed E-state index contributed by atoms with van der Waals surface area (Å²) in [7, 11) is 0. The zero-order chi connectivity index (χ0) is 20.8. The Bertz CT molecular complexity index is 1030. The Morgan fingerprint density at radius 3 is 2.76 bits per heavy atom. The number of nitrogens with one attached hydrogen (secondary N) is 2. The van der Waals surface area contributed by atoms with Gasteiger partial charge < -0.3 is 10.6 Å². The van der Waals surface area contributed by atoms with Gasteiger partial charge in [0.1, 0.15) is 6.33 Å². The van der Waals surface area contributed by atoms with E-state index in [0.717, 1.165) is 16.8 Å². The van der Waals surface area contributed by atoms with Crippen molar-refractivity contribution in [3.8, 4) is 5.69 Å². The summed E-state index contributed by atoms with van der Waals surface area (Å²) in [6.07, 6.45) is 1.65. The number of thioether (sulfide) groups is 1. The van der Waals surface area contributed by atoms with E-state index in [0.29, 0.717) is 23.0 Å². The Morgan fingerprint density at radius 1 is 1.14 bits per heavy atom. The summed E-state index contributed by atoms with van der Waals surface area (Å²) in [5, 5.41) is 14.3. The highest BCUT2D eigenvalue weighted by Gasteiger charge is 2.13. The van der Waals surface area contributed by atoms with Crippen molar-refractivity contribution in [3.63, 3.8) is 0 Å². The van der Waals surface area contributed by atoms with Crippen molar-refractivity contribution in [2.45, 2.75) is 25.9 Å². The van der Waals surface area contributed by atoms with Crippen LogP contribution >= 0.6 is 11.8 Å². The van der Waals surface area contributed by atoms with Crippen LogP contribution in [0.15, 0.2) is 53.9 Å². The van der Waals surface area contributed by atoms with Crippen molar-refractivity contribution in [3.05, 3.63) is 65.5 Å². The molecule has 3 aromatic rings. The molecule has 3 rings (SSSR count). The summed E-state index contributed by atoms with van der Waals surface area (Å²) in [4.78, 5) is 24.3. The Kier molecular flexibility index (Phi) is 6.66. The normalized spacial score (nSPS) is 10.6. The van der Waals surface area contributed by atoms with Gasteiger partial charge in [-0.1, -0.05) is 30.0 Å². The van der Waals surface area contributed by atoms with E-state index in [1.54, 1.807) is 30.6 Å². The van der Waals surface area contributed by atoms with E-state index in [2.05, 4.69) is 33.0 Å². The molecule has 0 aliphatic carbocycles. The molecule has 0 spiro atoms. The highest BCUT2D eigenvalue weighted by Crippen LogP contribution is 2.23. The van der Waals surface area contributed by atoms with Gasteiger partial charge in [0.15, 0.2) is 5.16 Å². The lowest BCUT2D eigenvalue weighted by Gasteiger charge is -2.11. The maximum atomic E-state index is 12.4. The maximum Gasteiger partial charge on any atom is 0.251 e. The van der Waals surface area contributed by atoms with Crippen molar-refractivity contribution in [2.75, 3.05) is 17.6 Å². The molecule has 2 amide bonds. The molecule has 1 aromatic heterocycles. The molecule has 2 aromatic carbocycles. The summed E-state index contributed by atoms with van der Waals surface area (Å²) in [5.41, 5.74) is 4.32. The molecule has 29 heavy (non-hydrogen) atoms. The largest absolute Gasteiger partial charge is 0.352 e. The Morgan fingerprint density at radius 2 is 1.97 bits per heavy atom. The van der Waals surface area contributed by atoms with E-state index in [-0.39, 0.29) is 17.6 Å². The van der Waals surface area contributed by atoms with Crippen molar-refractivity contribution < 1.29 is 9.59 Å². The number of rotatable bonds is 7. The lowest BCUT2D eigenvalue weighted by molar-refractivity contribution is -0.113. The molecular weight excluding hydrogens is 386 g/mol. The van der Waals surface area contributed by atoms with Crippen LogP contribution in [0.4, 0.5) is 5.69 Å². The van der Waals surface area contributed by atoms with Gasteiger partial charge in [-0.3, -0.25) is 14.2 Å². The van der Waals surface area contributed by atoms with Gasteiger partial charge in [0.05, 0.1) is 11.4 Å². The minimum Gasteiger partial charge on any atom is -0.352 e. The van der Waals surface area contributed by atoms with Crippen LogP contribution < -0.4 is 10.6 Å². The van der Waals surface area contributed by atoms with E-state index >= 15 is 0 Å². The molecule has 0 fully saturated rings. The molecule has 0 bridgehead atoms. The predicted molar refractivity (Wildman–Crippen MR) is 115 cm³/mol. The van der Waals surface area contributed by atoms with Gasteiger partial charge in [-0.2, -0.15) is 0 Å². The van der Waals surface area contributed by atoms with Crippen molar-refractivity contribution >= 4 is 29.3 Å². The van der Waals surface area contributed by atoms with Crippen LogP contribution in [-0.2, 0) is 4.79 Å². The Hall–Kier alpha value is -3.13. The van der Waals surface area contributed by atoms with Crippen LogP contribution in [0.1, 0.15) is 28.4 Å². The van der Waals surface area contributed by atoms with Crippen LogP contribution in [0.2, 0.25) is 0 Å². The fraction of sp³-hybridized carbons (Fsp3) is 0.238. The van der Waals surface area contributed by atoms with Gasteiger partial charge in [0, 0.05) is 17.8 Å². The van der Waals surface area contributed by atoms with Crippen molar-refractivity contribution in [1.82, 2.24) is 20.1 Å². The van der Waals surface area contributed by atoms with Crippen molar-refractivity contribution in [1.29, 1.82) is 0 Å². The fourth-order valence-electron chi connectivity index (χ4n) is 2.80. The summed E-state index contributed by atoms with van der Waals surface area (Å²) >= 11 is 1.31. The summed E-state index contributed by atoms with van der Waals surface area (Å²) in [5.74, 6) is -0.173. The van der Waals surface area contributed by atoms with Gasteiger partial charge >= 0.3 is 0 Å². The third kappa shape index (κ3) is 5.23. The standard InChI is InChI=1S/C21H23N5O2S/c1-4-22-20(28)16-6-5-7-17(11-16)24-19(27)12-29-21-25-23-13-26(21)18-10-14(2)8-9-15(18)3/h5-11,13H,4,12H2,1-3H3,(H,22,28)(H,24,27). The average molecular weight is 410 g/mol. The molecule has 2 N–H and O–H groups in total. The van der Waals surface area contributed by atoms with E-state index in [9.17, 15) is 9.59 Å². The summed E-state index contributed by atoms with van der Waals surface area (Å²) in [6.45, 7) is 6.46. The average Bonchev–Trinajstić information content (AvgIpc) is 3.17. The van der Waals surface area contributed by atoms with Gasteiger partial charge in [0.25, 0.3) is 5.91 Å². The minimum atomic E-state index is -0.182. The van der Waals surface area contributed by atoms with Crippen LogP contribution in [0.25, 0.3) is 5.69 Å². The first kappa shape index (κ1) is 20.6. The number of amides is 2. The van der Waals surface area contributed by atoms with Gasteiger partial charge in [-0.15, -0.1) is 10.2 Å². The highest BCUT2D eigenvalue weighted by atomic mass is 32.2. The number of nitrogens with zero attached hydrogens (tertiary/aromatic N) is 3. The molecule has 0 radical (unpaired) electrons. The van der Waals surface area contributed by atoms with Gasteiger partial charge in [-0.25, -0.2) is 0 Å². The smallest absolute Gasteiger partial charge is 0.251 e. The van der Waals surface area contributed by atoms with Crippen LogP contribution in [0, 0.1) is 13.8 Å². The lowest BCUT2D eigenvalue weighted by Crippen LogP contribution is -2.23. The number of carbonyl (C=O) groups excluding carboxylic acids is 2. The SMILES string of the molecule is CCNC(=O)c1cccc(NC(=O)CSc2nncn2-c2cc(C)ccc2C)c1. The quantitative estimate of drug-likeness (QED) is 0.584. The number of aryl methyl sites for hydroxylation is 2. The number of hydrogen-bond donors (Lipinski definition) is 2. The fourth-order valence-corrected chi connectivity index (χ4v) is 3.52. The molecule has 7 nitrogen and oxygen atoms in total. The zero-order valence-corrected chi connectivity index (χ0v) is 17.4. The van der Waals surface area contributed by atoms with Crippen LogP contribution in [0.5, 0.6) is 0 Å². The van der Waals surface area contributed by atoms with Crippen molar-refractivity contribution in [2.24, 2.45) is 0 Å². The number of carbonyl (C=O) groups is 2. The van der Waals surface area contributed by atoms with Crippen LogP contribution in [0.3, 0.4) is 0 Å². The molecular formula is C21H23N5O2S. The van der Waals surface area contributed by atoms with E-state index in [4.69, 9.17) is 0 Å². The number of hydrogen-bond acceptors (Lipinski definition) is 5. The second-order valence-electron chi connectivity index (χ2n) is 6.55. The maximum absolute atomic E-state index is 12.4. The van der Waals surface area contributed by atoms with Gasteiger partial charge in [-0.05, 0) is 56.2 Å².